The smallest absolute Gasteiger partial charge is 0.328 e. The van der Waals surface area contributed by atoms with Gasteiger partial charge < -0.3 is 10.1 Å². The van der Waals surface area contributed by atoms with Gasteiger partial charge in [0.25, 0.3) is 11.5 Å². The minimum atomic E-state index is -0.844. The normalized spacial score (nSPS) is 14.8. The average molecular weight is 498 g/mol. The molecule has 37 heavy (non-hydrogen) atoms. The van der Waals surface area contributed by atoms with Gasteiger partial charge in [-0.2, -0.15) is 0 Å². The van der Waals surface area contributed by atoms with E-state index in [1.54, 1.807) is 16.8 Å². The van der Waals surface area contributed by atoms with E-state index in [1.165, 1.54) is 13.5 Å². The SMILES string of the molecule is COC(=O)C(Cc1ccccc1)NC(=O)c1ccc2c(c1)c(=O)n(-c1ccccc1)n2C1CCCCC1. The predicted octanol–water partition coefficient (Wildman–Crippen LogP) is 4.81. The molecule has 0 radical (unpaired) electrons. The van der Waals surface area contributed by atoms with Crippen LogP contribution in [-0.4, -0.2) is 34.4 Å². The van der Waals surface area contributed by atoms with Crippen molar-refractivity contribution >= 4 is 22.8 Å². The first-order valence-corrected chi connectivity index (χ1v) is 12.8. The first kappa shape index (κ1) is 24.6. The summed E-state index contributed by atoms with van der Waals surface area (Å²) in [6, 6.07) is 23.7. The lowest BCUT2D eigenvalue weighted by molar-refractivity contribution is -0.142. The number of para-hydroxylation sites is 1. The number of fused-ring (bicyclic) bond motifs is 1. The molecule has 0 saturated heterocycles. The van der Waals surface area contributed by atoms with E-state index in [9.17, 15) is 14.4 Å². The molecule has 1 aliphatic rings. The van der Waals surface area contributed by atoms with Crippen molar-refractivity contribution in [1.29, 1.82) is 0 Å². The number of carbonyl (C=O) groups excluding carboxylic acids is 2. The maximum Gasteiger partial charge on any atom is 0.328 e. The summed E-state index contributed by atoms with van der Waals surface area (Å²) in [6.45, 7) is 0. The number of esters is 1. The standard InChI is InChI=1S/C30H31N3O4/c1-37-30(36)26(19-21-11-5-2-6-12-21)31-28(34)22-17-18-27-25(20-22)29(35)33(24-15-9-4-10-16-24)32(27)23-13-7-3-8-14-23/h2,4-6,9-12,15-18,20,23,26H,3,7-8,13-14,19H2,1H3,(H,31,34). The number of amides is 1. The summed E-state index contributed by atoms with van der Waals surface area (Å²) in [6.07, 6.45) is 5.80. The van der Waals surface area contributed by atoms with E-state index in [2.05, 4.69) is 10.00 Å². The number of rotatable bonds is 7. The van der Waals surface area contributed by atoms with Gasteiger partial charge in [0.15, 0.2) is 0 Å². The minimum absolute atomic E-state index is 0.157. The van der Waals surface area contributed by atoms with Crippen molar-refractivity contribution in [2.75, 3.05) is 7.11 Å². The second-order valence-electron chi connectivity index (χ2n) is 9.56. The van der Waals surface area contributed by atoms with Crippen LogP contribution in [0, 0.1) is 0 Å². The highest BCUT2D eigenvalue weighted by Crippen LogP contribution is 2.31. The number of hydrogen-bond acceptors (Lipinski definition) is 4. The Balaban J connectivity index is 1.52. The van der Waals surface area contributed by atoms with Crippen LogP contribution in [0.3, 0.4) is 0 Å². The molecule has 7 heteroatoms. The van der Waals surface area contributed by atoms with Crippen molar-refractivity contribution in [2.24, 2.45) is 0 Å². The second-order valence-corrected chi connectivity index (χ2v) is 9.56. The molecule has 1 unspecified atom stereocenters. The van der Waals surface area contributed by atoms with Gasteiger partial charge in [0.05, 0.1) is 29.7 Å². The molecule has 1 saturated carbocycles. The van der Waals surface area contributed by atoms with Crippen molar-refractivity contribution in [3.63, 3.8) is 0 Å². The highest BCUT2D eigenvalue weighted by Gasteiger charge is 2.26. The second kappa shape index (κ2) is 10.9. The minimum Gasteiger partial charge on any atom is -0.467 e. The Bertz CT molecular complexity index is 1450. The molecule has 1 aliphatic carbocycles. The molecule has 190 valence electrons. The lowest BCUT2D eigenvalue weighted by atomic mass is 9.95. The van der Waals surface area contributed by atoms with E-state index in [1.807, 2.05) is 66.7 Å². The zero-order valence-corrected chi connectivity index (χ0v) is 20.9. The largest absolute Gasteiger partial charge is 0.467 e. The first-order chi connectivity index (χ1) is 18.1. The van der Waals surface area contributed by atoms with Crippen LogP contribution in [-0.2, 0) is 16.0 Å². The van der Waals surface area contributed by atoms with E-state index in [4.69, 9.17) is 4.74 Å². The van der Waals surface area contributed by atoms with E-state index in [-0.39, 0.29) is 11.6 Å². The Kier molecular flexibility index (Phi) is 7.21. The summed E-state index contributed by atoms with van der Waals surface area (Å²) in [5.41, 5.74) is 2.69. The maximum atomic E-state index is 13.7. The quantitative estimate of drug-likeness (QED) is 0.372. The van der Waals surface area contributed by atoms with Gasteiger partial charge in [0.2, 0.25) is 0 Å². The van der Waals surface area contributed by atoms with Crippen molar-refractivity contribution in [1.82, 2.24) is 14.7 Å². The molecule has 7 nitrogen and oxygen atoms in total. The van der Waals surface area contributed by atoms with Crippen LogP contribution in [0.1, 0.15) is 54.1 Å². The summed E-state index contributed by atoms with van der Waals surface area (Å²) < 4.78 is 8.79. The molecule has 1 atom stereocenters. The van der Waals surface area contributed by atoms with Gasteiger partial charge in [-0.25, -0.2) is 9.48 Å². The van der Waals surface area contributed by atoms with Gasteiger partial charge in [-0.3, -0.25) is 14.3 Å². The van der Waals surface area contributed by atoms with Gasteiger partial charge >= 0.3 is 5.97 Å². The molecule has 1 aromatic heterocycles. The molecule has 5 rings (SSSR count). The molecule has 4 aromatic rings. The fraction of sp³-hybridized carbons (Fsp3) is 0.300. The van der Waals surface area contributed by atoms with Gasteiger partial charge in [0, 0.05) is 12.0 Å². The number of methoxy groups -OCH3 is 1. The third kappa shape index (κ3) is 5.07. The molecule has 0 aliphatic heterocycles. The van der Waals surface area contributed by atoms with Gasteiger partial charge in [-0.15, -0.1) is 0 Å². The predicted molar refractivity (Wildman–Crippen MR) is 143 cm³/mol. The van der Waals surface area contributed by atoms with Crippen LogP contribution in [0.5, 0.6) is 0 Å². The third-order valence-electron chi connectivity index (χ3n) is 7.14. The van der Waals surface area contributed by atoms with Crippen molar-refractivity contribution in [3.8, 4) is 5.69 Å². The van der Waals surface area contributed by atoms with Crippen LogP contribution >= 0.6 is 0 Å². The van der Waals surface area contributed by atoms with Crippen molar-refractivity contribution in [3.05, 3.63) is 100 Å². The Morgan fingerprint density at radius 1 is 0.946 bits per heavy atom. The van der Waals surface area contributed by atoms with E-state index >= 15 is 0 Å². The molecule has 1 amide bonds. The molecule has 1 heterocycles. The highest BCUT2D eigenvalue weighted by atomic mass is 16.5. The van der Waals surface area contributed by atoms with Gasteiger partial charge in [-0.1, -0.05) is 67.8 Å². The fourth-order valence-electron chi connectivity index (χ4n) is 5.29. The number of nitrogens with zero attached hydrogens (tertiary/aromatic N) is 2. The molecular formula is C30H31N3O4. The number of nitrogens with one attached hydrogen (secondary N) is 1. The Hall–Kier alpha value is -4.13. The van der Waals surface area contributed by atoms with E-state index in [0.29, 0.717) is 17.4 Å². The summed E-state index contributed by atoms with van der Waals surface area (Å²) in [5.74, 6) is -0.947. The lowest BCUT2D eigenvalue weighted by Gasteiger charge is -2.26. The van der Waals surface area contributed by atoms with Crippen LogP contribution in [0.15, 0.2) is 83.7 Å². The molecule has 1 fully saturated rings. The monoisotopic (exact) mass is 497 g/mol. The topological polar surface area (TPSA) is 82.3 Å². The first-order valence-electron chi connectivity index (χ1n) is 12.8. The summed E-state index contributed by atoms with van der Waals surface area (Å²) in [4.78, 5) is 39.4. The van der Waals surface area contributed by atoms with Crippen LogP contribution in [0.25, 0.3) is 16.6 Å². The van der Waals surface area contributed by atoms with Crippen molar-refractivity contribution < 1.29 is 14.3 Å². The zero-order chi connectivity index (χ0) is 25.8. The van der Waals surface area contributed by atoms with Crippen molar-refractivity contribution in [2.45, 2.75) is 50.6 Å². The summed E-state index contributed by atoms with van der Waals surface area (Å²) in [7, 11) is 1.30. The molecule has 1 N–H and O–H groups in total. The average Bonchev–Trinajstić information content (AvgIpc) is 3.25. The Morgan fingerprint density at radius 2 is 1.62 bits per heavy atom. The molecule has 3 aromatic carbocycles. The summed E-state index contributed by atoms with van der Waals surface area (Å²) >= 11 is 0. The number of carbonyl (C=O) groups is 2. The summed E-state index contributed by atoms with van der Waals surface area (Å²) in [5, 5.41) is 3.29. The van der Waals surface area contributed by atoms with Crippen LogP contribution in [0.2, 0.25) is 0 Å². The molecule has 0 bridgehead atoms. The fourth-order valence-corrected chi connectivity index (χ4v) is 5.29. The third-order valence-corrected chi connectivity index (χ3v) is 7.14. The van der Waals surface area contributed by atoms with Gasteiger partial charge in [0.1, 0.15) is 6.04 Å². The molecule has 0 spiro atoms. The number of hydrogen-bond donors (Lipinski definition) is 1. The highest BCUT2D eigenvalue weighted by molar-refractivity contribution is 6.00. The van der Waals surface area contributed by atoms with E-state index < -0.39 is 17.9 Å². The lowest BCUT2D eigenvalue weighted by Crippen LogP contribution is -2.43. The van der Waals surface area contributed by atoms with E-state index in [0.717, 1.165) is 42.5 Å². The maximum absolute atomic E-state index is 13.7. The zero-order valence-electron chi connectivity index (χ0n) is 20.9. The molecular weight excluding hydrogens is 466 g/mol. The number of aromatic nitrogens is 2. The van der Waals surface area contributed by atoms with Crippen LogP contribution < -0.4 is 10.9 Å². The van der Waals surface area contributed by atoms with Gasteiger partial charge in [-0.05, 0) is 48.7 Å². The number of ether oxygens (including phenoxy) is 1. The Morgan fingerprint density at radius 3 is 2.30 bits per heavy atom. The number of benzene rings is 3. The van der Waals surface area contributed by atoms with Crippen LogP contribution in [0.4, 0.5) is 0 Å². The Labute approximate surface area is 215 Å².